The summed E-state index contributed by atoms with van der Waals surface area (Å²) >= 11 is 0. The van der Waals surface area contributed by atoms with Gasteiger partial charge in [0.25, 0.3) is 6.43 Å². The average Bonchev–Trinajstić information content (AvgIpc) is 3.62. The van der Waals surface area contributed by atoms with E-state index < -0.39 is 6.43 Å². The molecule has 3 fully saturated rings. The van der Waals surface area contributed by atoms with E-state index in [4.69, 9.17) is 14.7 Å². The maximum atomic E-state index is 14.2. The van der Waals surface area contributed by atoms with E-state index in [0.29, 0.717) is 61.3 Å². The molecule has 1 N–H and O–H groups in total. The second-order valence-corrected chi connectivity index (χ2v) is 12.5. The lowest BCUT2D eigenvalue weighted by atomic mass is 9.83. The smallest absolute Gasteiger partial charge is 0.296 e. The number of ether oxygens (including phenoxy) is 1. The Balaban J connectivity index is 1.14. The van der Waals surface area contributed by atoms with Crippen molar-refractivity contribution in [2.24, 2.45) is 5.92 Å². The molecule has 43 heavy (non-hydrogen) atoms. The van der Waals surface area contributed by atoms with Crippen molar-refractivity contribution in [1.29, 1.82) is 0 Å². The molecule has 1 saturated carbocycles. The van der Waals surface area contributed by atoms with Crippen molar-refractivity contribution in [3.05, 3.63) is 41.5 Å². The monoisotopic (exact) mass is 595 g/mol. The number of carbonyl (C=O) groups is 1. The molecule has 1 aliphatic carbocycles. The number of aryl methyl sites for hydroxylation is 2. The SMILES string of the molecule is Cc1ccc2nc(C(F)F)n(-c3cc(N4CCOCC4)nc(CCCC4CCC(NC(=O)[C@@H]5CCCN5C)CC4)n3)c2c1. The number of nitrogens with zero attached hydrogens (tertiary/aromatic N) is 6. The first-order valence-electron chi connectivity index (χ1n) is 15.8. The van der Waals surface area contributed by atoms with Gasteiger partial charge in [-0.3, -0.25) is 14.3 Å². The molecule has 6 rings (SSSR count). The highest BCUT2D eigenvalue weighted by molar-refractivity contribution is 5.82. The number of carbonyl (C=O) groups excluding carboxylic acids is 1. The summed E-state index contributed by atoms with van der Waals surface area (Å²) in [7, 11) is 2.04. The number of hydrogen-bond acceptors (Lipinski definition) is 7. The average molecular weight is 596 g/mol. The zero-order valence-corrected chi connectivity index (χ0v) is 25.3. The number of hydrogen-bond donors (Lipinski definition) is 1. The Morgan fingerprint density at radius 1 is 1.02 bits per heavy atom. The van der Waals surface area contributed by atoms with Gasteiger partial charge in [0, 0.05) is 31.6 Å². The van der Waals surface area contributed by atoms with Gasteiger partial charge in [0.1, 0.15) is 17.5 Å². The zero-order chi connectivity index (χ0) is 29.9. The normalized spacial score (nSPS) is 23.4. The molecule has 2 aromatic heterocycles. The largest absolute Gasteiger partial charge is 0.378 e. The van der Waals surface area contributed by atoms with E-state index in [9.17, 15) is 13.6 Å². The summed E-state index contributed by atoms with van der Waals surface area (Å²) in [6, 6.07) is 7.65. The van der Waals surface area contributed by atoms with Crippen molar-refractivity contribution in [3.63, 3.8) is 0 Å². The summed E-state index contributed by atoms with van der Waals surface area (Å²) in [5, 5.41) is 3.30. The number of rotatable bonds is 9. The van der Waals surface area contributed by atoms with Gasteiger partial charge >= 0.3 is 0 Å². The molecule has 1 atom stereocenters. The third-order valence-corrected chi connectivity index (χ3v) is 9.37. The third-order valence-electron chi connectivity index (χ3n) is 9.37. The predicted octanol–water partition coefficient (Wildman–Crippen LogP) is 4.99. The maximum Gasteiger partial charge on any atom is 0.296 e. The molecule has 232 valence electrons. The first-order chi connectivity index (χ1) is 20.9. The Labute approximate surface area is 252 Å². The van der Waals surface area contributed by atoms with Gasteiger partial charge in [-0.25, -0.2) is 23.7 Å². The van der Waals surface area contributed by atoms with Crippen molar-refractivity contribution >= 4 is 22.8 Å². The second kappa shape index (κ2) is 13.2. The number of benzene rings is 1. The summed E-state index contributed by atoms with van der Waals surface area (Å²) < 4.78 is 35.5. The number of morpholine rings is 1. The van der Waals surface area contributed by atoms with Gasteiger partial charge in [0.15, 0.2) is 5.82 Å². The Bertz CT molecular complexity index is 1420. The quantitative estimate of drug-likeness (QED) is 0.373. The van der Waals surface area contributed by atoms with Crippen LogP contribution in [0.4, 0.5) is 14.6 Å². The molecule has 2 aliphatic heterocycles. The number of aromatic nitrogens is 4. The lowest BCUT2D eigenvalue weighted by Crippen LogP contribution is -2.46. The van der Waals surface area contributed by atoms with Gasteiger partial charge in [-0.05, 0) is 89.1 Å². The molecule has 0 radical (unpaired) electrons. The van der Waals surface area contributed by atoms with E-state index in [2.05, 4.69) is 20.1 Å². The van der Waals surface area contributed by atoms with Crippen molar-refractivity contribution in [2.75, 3.05) is 44.8 Å². The molecule has 2 saturated heterocycles. The van der Waals surface area contributed by atoms with Crippen LogP contribution >= 0.6 is 0 Å². The fraction of sp³-hybridized carbons (Fsp3) is 0.625. The van der Waals surface area contributed by atoms with E-state index in [1.165, 1.54) is 4.57 Å². The van der Waals surface area contributed by atoms with Crippen LogP contribution in [0.15, 0.2) is 24.3 Å². The Hall–Kier alpha value is -3.18. The number of alkyl halides is 2. The third kappa shape index (κ3) is 6.82. The van der Waals surface area contributed by atoms with Crippen LogP contribution in [0.25, 0.3) is 16.9 Å². The first kappa shape index (κ1) is 29.9. The van der Waals surface area contributed by atoms with E-state index in [0.717, 1.165) is 69.3 Å². The Kier molecular flexibility index (Phi) is 9.18. The highest BCUT2D eigenvalue weighted by Gasteiger charge is 2.30. The molecule has 1 amide bonds. The van der Waals surface area contributed by atoms with Crippen LogP contribution in [0, 0.1) is 12.8 Å². The summed E-state index contributed by atoms with van der Waals surface area (Å²) in [6.45, 7) is 5.53. The second-order valence-electron chi connectivity index (χ2n) is 12.5. The molecule has 3 aromatic rings. The Morgan fingerprint density at radius 2 is 1.79 bits per heavy atom. The molecule has 11 heteroatoms. The van der Waals surface area contributed by atoms with E-state index in [-0.39, 0.29) is 23.8 Å². The predicted molar refractivity (Wildman–Crippen MR) is 162 cm³/mol. The topological polar surface area (TPSA) is 88.4 Å². The lowest BCUT2D eigenvalue weighted by molar-refractivity contribution is -0.126. The standard InChI is InChI=1S/C32H43F2N7O2/c1-21-8-13-24-26(19-21)41(31(36-24)30(33)34)29-20-28(40-15-17-43-18-16-40)37-27(38-29)7-3-5-22-9-11-23(12-10-22)35-32(42)25-6-4-14-39(25)2/h8,13,19-20,22-23,25,30H,3-7,9-12,14-18H2,1-2H3,(H,35,42)/t22?,23?,25-/m0/s1. The Morgan fingerprint density at radius 3 is 2.51 bits per heavy atom. The van der Waals surface area contributed by atoms with Gasteiger partial charge in [-0.2, -0.15) is 0 Å². The van der Waals surface area contributed by atoms with Crippen LogP contribution in [-0.4, -0.2) is 82.3 Å². The van der Waals surface area contributed by atoms with Crippen molar-refractivity contribution < 1.29 is 18.3 Å². The number of anilines is 1. The fourth-order valence-electron chi connectivity index (χ4n) is 6.92. The summed E-state index contributed by atoms with van der Waals surface area (Å²) in [6.07, 6.45) is 6.19. The van der Waals surface area contributed by atoms with Crippen LogP contribution in [0.5, 0.6) is 0 Å². The molecular weight excluding hydrogens is 552 g/mol. The molecule has 3 aliphatic rings. The number of nitrogens with one attached hydrogen (secondary N) is 1. The van der Waals surface area contributed by atoms with Gasteiger partial charge in [-0.1, -0.05) is 12.5 Å². The number of likely N-dealkylation sites (N-methyl/N-ethyl adjacent to an activating group) is 1. The summed E-state index contributed by atoms with van der Waals surface area (Å²) in [5.41, 5.74) is 2.12. The lowest BCUT2D eigenvalue weighted by Gasteiger charge is -2.30. The highest BCUT2D eigenvalue weighted by Crippen LogP contribution is 2.31. The van der Waals surface area contributed by atoms with Crippen molar-refractivity contribution in [1.82, 2.24) is 29.7 Å². The van der Waals surface area contributed by atoms with Crippen molar-refractivity contribution in [2.45, 2.75) is 83.2 Å². The van der Waals surface area contributed by atoms with E-state index in [1.54, 1.807) is 6.07 Å². The van der Waals surface area contributed by atoms with Crippen LogP contribution in [-0.2, 0) is 16.0 Å². The fourth-order valence-corrected chi connectivity index (χ4v) is 6.92. The first-order valence-corrected chi connectivity index (χ1v) is 15.8. The van der Waals surface area contributed by atoms with E-state index in [1.807, 2.05) is 32.2 Å². The summed E-state index contributed by atoms with van der Waals surface area (Å²) in [4.78, 5) is 31.0. The number of amides is 1. The maximum absolute atomic E-state index is 14.2. The highest BCUT2D eigenvalue weighted by atomic mass is 19.3. The minimum atomic E-state index is -2.74. The molecule has 0 bridgehead atoms. The molecular formula is C32H43F2N7O2. The molecule has 1 aromatic carbocycles. The van der Waals surface area contributed by atoms with E-state index >= 15 is 0 Å². The van der Waals surface area contributed by atoms with Gasteiger partial charge in [0.05, 0.1) is 30.3 Å². The van der Waals surface area contributed by atoms with Gasteiger partial charge in [0.2, 0.25) is 5.91 Å². The van der Waals surface area contributed by atoms with Crippen LogP contribution in [0.1, 0.15) is 75.0 Å². The minimum Gasteiger partial charge on any atom is -0.378 e. The van der Waals surface area contributed by atoms with Gasteiger partial charge in [-0.15, -0.1) is 0 Å². The zero-order valence-electron chi connectivity index (χ0n) is 25.3. The van der Waals surface area contributed by atoms with Crippen molar-refractivity contribution in [3.8, 4) is 5.82 Å². The minimum absolute atomic E-state index is 0.0250. The van der Waals surface area contributed by atoms with Crippen LogP contribution < -0.4 is 10.2 Å². The number of imidazole rings is 1. The van der Waals surface area contributed by atoms with Crippen LogP contribution in [0.3, 0.4) is 0 Å². The van der Waals surface area contributed by atoms with Gasteiger partial charge < -0.3 is 15.0 Å². The summed E-state index contributed by atoms with van der Waals surface area (Å²) in [5.74, 6) is 2.32. The molecule has 4 heterocycles. The number of halogens is 2. The number of likely N-dealkylation sites (tertiary alicyclic amines) is 1. The molecule has 0 spiro atoms. The molecule has 9 nitrogen and oxygen atoms in total. The molecule has 0 unspecified atom stereocenters. The van der Waals surface area contributed by atoms with Crippen LogP contribution in [0.2, 0.25) is 0 Å². The number of fused-ring (bicyclic) bond motifs is 1.